The van der Waals surface area contributed by atoms with Crippen LogP contribution in [-0.4, -0.2) is 110 Å². The third kappa shape index (κ3) is 11.5. The van der Waals surface area contributed by atoms with E-state index in [1.165, 1.54) is 26.2 Å². The lowest BCUT2D eigenvalue weighted by atomic mass is 9.90. The zero-order chi connectivity index (χ0) is 39.5. The van der Waals surface area contributed by atoms with Crippen molar-refractivity contribution in [2.24, 2.45) is 11.8 Å². The zero-order valence-electron chi connectivity index (χ0n) is 31.2. The number of nitrogens with one attached hydrogen (secondary N) is 2. The van der Waals surface area contributed by atoms with Crippen molar-refractivity contribution in [3.63, 3.8) is 0 Å². The Balaban J connectivity index is 1.72. The van der Waals surface area contributed by atoms with Crippen LogP contribution >= 0.6 is 11.6 Å². The Morgan fingerprint density at radius 1 is 1.09 bits per heavy atom. The molecule has 53 heavy (non-hydrogen) atoms. The van der Waals surface area contributed by atoms with Gasteiger partial charge in [0.2, 0.25) is 17.7 Å². The molecular formula is C37H51ClF3N5O7. The van der Waals surface area contributed by atoms with Gasteiger partial charge in [-0.25, -0.2) is 9.78 Å². The average molecular weight is 770 g/mol. The minimum absolute atomic E-state index is 0.0716. The highest BCUT2D eigenvalue weighted by Crippen LogP contribution is 2.33. The first-order chi connectivity index (χ1) is 25.1. The molecule has 0 saturated carbocycles. The number of anilines is 1. The zero-order valence-corrected chi connectivity index (χ0v) is 32.0. The summed E-state index contributed by atoms with van der Waals surface area (Å²) in [6.07, 6.45) is -3.31. The van der Waals surface area contributed by atoms with Gasteiger partial charge in [0.05, 0.1) is 60.9 Å². The Morgan fingerprint density at radius 3 is 2.34 bits per heavy atom. The van der Waals surface area contributed by atoms with Crippen LogP contribution < -0.4 is 10.6 Å². The van der Waals surface area contributed by atoms with Crippen LogP contribution in [0.4, 0.5) is 19.0 Å². The molecule has 0 spiro atoms. The van der Waals surface area contributed by atoms with Gasteiger partial charge in [0, 0.05) is 40.4 Å². The minimum Gasteiger partial charge on any atom is -0.467 e. The third-order valence-electron chi connectivity index (χ3n) is 9.96. The summed E-state index contributed by atoms with van der Waals surface area (Å²) < 4.78 is 55.8. The molecule has 1 saturated heterocycles. The van der Waals surface area contributed by atoms with Crippen molar-refractivity contribution in [2.45, 2.75) is 89.4 Å². The normalized spacial score (nSPS) is 17.9. The van der Waals surface area contributed by atoms with Crippen LogP contribution in [-0.2, 0) is 46.0 Å². The van der Waals surface area contributed by atoms with Gasteiger partial charge in [-0.2, -0.15) is 13.2 Å². The van der Waals surface area contributed by atoms with E-state index in [0.717, 1.165) is 11.6 Å². The molecular weight excluding hydrogens is 719 g/mol. The maximum Gasteiger partial charge on any atom is 0.417 e. The van der Waals surface area contributed by atoms with Gasteiger partial charge in [-0.05, 0) is 30.4 Å². The highest BCUT2D eigenvalue weighted by molar-refractivity contribution is 6.33. The molecule has 1 aromatic carbocycles. The maximum atomic E-state index is 14.0. The number of hydrogen-bond acceptors (Lipinski definition) is 9. The molecule has 12 nitrogen and oxygen atoms in total. The number of aromatic nitrogens is 1. The summed E-state index contributed by atoms with van der Waals surface area (Å²) in [4.78, 5) is 60.5. The van der Waals surface area contributed by atoms with Crippen LogP contribution in [0.25, 0.3) is 0 Å². The molecule has 1 aromatic heterocycles. The van der Waals surface area contributed by atoms with Crippen LogP contribution in [0, 0.1) is 11.8 Å². The number of pyridine rings is 1. The number of esters is 1. The largest absolute Gasteiger partial charge is 0.467 e. The number of alkyl halides is 3. The van der Waals surface area contributed by atoms with E-state index in [1.54, 1.807) is 18.9 Å². The number of likely N-dealkylation sites (tertiary alicyclic amines) is 1. The first-order valence-corrected chi connectivity index (χ1v) is 17.9. The summed E-state index contributed by atoms with van der Waals surface area (Å²) in [5.74, 6) is -2.59. The summed E-state index contributed by atoms with van der Waals surface area (Å²) in [6, 6.07) is 8.06. The predicted molar refractivity (Wildman–Crippen MR) is 193 cm³/mol. The van der Waals surface area contributed by atoms with Gasteiger partial charge >= 0.3 is 12.1 Å². The summed E-state index contributed by atoms with van der Waals surface area (Å²) >= 11 is 6.02. The fourth-order valence-corrected chi connectivity index (χ4v) is 7.05. The first kappa shape index (κ1) is 43.5. The lowest BCUT2D eigenvalue weighted by molar-refractivity contribution is -0.148. The fraction of sp³-hybridized carbons (Fsp3) is 0.595. The number of benzene rings is 1. The number of carbonyl (C=O) groups excluding carboxylic acids is 4. The Morgan fingerprint density at radius 2 is 1.77 bits per heavy atom. The van der Waals surface area contributed by atoms with Gasteiger partial charge in [0.15, 0.2) is 0 Å². The van der Waals surface area contributed by atoms with Gasteiger partial charge in [-0.3, -0.25) is 14.4 Å². The van der Waals surface area contributed by atoms with Crippen molar-refractivity contribution in [3.05, 3.63) is 58.7 Å². The second-order valence-corrected chi connectivity index (χ2v) is 13.7. The topological polar surface area (TPSA) is 139 Å². The van der Waals surface area contributed by atoms with E-state index < -0.39 is 65.8 Å². The summed E-state index contributed by atoms with van der Waals surface area (Å²) in [5.41, 5.74) is -0.166. The molecule has 2 heterocycles. The van der Waals surface area contributed by atoms with Gasteiger partial charge in [-0.15, -0.1) is 0 Å². The van der Waals surface area contributed by atoms with Crippen LogP contribution in [0.2, 0.25) is 5.02 Å². The van der Waals surface area contributed by atoms with Gasteiger partial charge in [0.25, 0.3) is 0 Å². The number of methoxy groups -OCH3 is 3. The second-order valence-electron chi connectivity index (χ2n) is 13.3. The predicted octanol–water partition coefficient (Wildman–Crippen LogP) is 4.99. The molecule has 16 heteroatoms. The molecule has 0 aliphatic carbocycles. The molecule has 2 aromatic rings. The molecule has 6 unspecified atom stereocenters. The van der Waals surface area contributed by atoms with Gasteiger partial charge in [0.1, 0.15) is 11.9 Å². The Kier molecular flexibility index (Phi) is 16.3. The van der Waals surface area contributed by atoms with Crippen LogP contribution in [0.3, 0.4) is 0 Å². The minimum atomic E-state index is -4.62. The van der Waals surface area contributed by atoms with Gasteiger partial charge < -0.3 is 34.6 Å². The number of ether oxygens (including phenoxy) is 3. The summed E-state index contributed by atoms with van der Waals surface area (Å²) in [6.45, 7) is 5.69. The van der Waals surface area contributed by atoms with Crippen LogP contribution in [0.15, 0.2) is 42.6 Å². The number of likely N-dealkylation sites (N-methyl/N-ethyl adjacent to an activating group) is 1. The van der Waals surface area contributed by atoms with Crippen molar-refractivity contribution in [1.29, 1.82) is 0 Å². The lowest BCUT2D eigenvalue weighted by Gasteiger charge is -2.39. The summed E-state index contributed by atoms with van der Waals surface area (Å²) in [5, 5.41) is 5.24. The van der Waals surface area contributed by atoms with Crippen LogP contribution in [0.1, 0.15) is 57.6 Å². The number of hydrogen-bond donors (Lipinski definition) is 2. The molecule has 1 fully saturated rings. The number of amides is 3. The number of carbonyl (C=O) groups is 4. The van der Waals surface area contributed by atoms with E-state index in [1.807, 2.05) is 44.2 Å². The van der Waals surface area contributed by atoms with Crippen LogP contribution in [0.5, 0.6) is 0 Å². The smallest absolute Gasteiger partial charge is 0.417 e. The fourth-order valence-electron chi connectivity index (χ4n) is 6.82. The molecule has 294 valence electrons. The third-order valence-corrected chi connectivity index (χ3v) is 10.3. The van der Waals surface area contributed by atoms with E-state index >= 15 is 0 Å². The molecule has 3 amide bonds. The van der Waals surface area contributed by atoms with Crippen molar-refractivity contribution >= 4 is 41.1 Å². The SMILES string of the molecule is CCC(C)C(C(CC(=O)N1CCCC1C(OC)C(C)C(=O)N[C@@H](Cc1ccccc1)C(=O)OC)OC)N(C)C(=O)CNc1ncc(C(F)(F)F)cc1Cl. The molecule has 3 rings (SSSR count). The average Bonchev–Trinajstić information content (AvgIpc) is 3.62. The van der Waals surface area contributed by atoms with E-state index in [2.05, 4.69) is 15.6 Å². The Hall–Kier alpha value is -3.95. The molecule has 1 aliphatic heterocycles. The molecule has 2 N–H and O–H groups in total. The standard InChI is InChI=1S/C37H51ClF3N5O7/c1-8-22(2)32(45(4)31(48)21-43-34-26(38)18-25(20-42-34)37(39,40)41)29(51-5)19-30(47)46-16-12-15-28(46)33(52-6)23(3)35(49)44-27(36(50)53-7)17-24-13-10-9-11-14-24/h9-11,13-14,18,20,22-23,27-29,32-33H,8,12,15-17,19,21H2,1-7H3,(H,42,43)(H,44,49)/t22?,23?,27-,28?,29?,32?,33?/m0/s1. The highest BCUT2D eigenvalue weighted by Gasteiger charge is 2.42. The summed E-state index contributed by atoms with van der Waals surface area (Å²) in [7, 11) is 5.79. The quantitative estimate of drug-likeness (QED) is 0.201. The van der Waals surface area contributed by atoms with Crippen molar-refractivity contribution < 1.29 is 46.6 Å². The molecule has 7 atom stereocenters. The van der Waals surface area contributed by atoms with E-state index in [0.29, 0.717) is 32.0 Å². The van der Waals surface area contributed by atoms with E-state index in [9.17, 15) is 32.3 Å². The number of rotatable bonds is 18. The van der Waals surface area contributed by atoms with Crippen molar-refractivity contribution in [3.8, 4) is 0 Å². The second kappa shape index (κ2) is 19.9. The van der Waals surface area contributed by atoms with Crippen molar-refractivity contribution in [1.82, 2.24) is 20.1 Å². The molecule has 1 aliphatic rings. The molecule has 0 bridgehead atoms. The van der Waals surface area contributed by atoms with Gasteiger partial charge in [-0.1, -0.05) is 69.1 Å². The van der Waals surface area contributed by atoms with E-state index in [4.69, 9.17) is 25.8 Å². The number of nitrogens with zero attached hydrogens (tertiary/aromatic N) is 3. The maximum absolute atomic E-state index is 14.0. The lowest BCUT2D eigenvalue weighted by Crippen LogP contribution is -2.54. The molecule has 0 radical (unpaired) electrons. The monoisotopic (exact) mass is 769 g/mol. The Labute approximate surface area is 314 Å². The highest BCUT2D eigenvalue weighted by atomic mass is 35.5. The Bertz CT molecular complexity index is 1540. The first-order valence-electron chi connectivity index (χ1n) is 17.6. The van der Waals surface area contributed by atoms with Crippen molar-refractivity contribution in [2.75, 3.05) is 46.8 Å². The van der Waals surface area contributed by atoms with E-state index in [-0.39, 0.29) is 42.1 Å². The number of halogens is 4.